The lowest BCUT2D eigenvalue weighted by molar-refractivity contribution is 0.586. The summed E-state index contributed by atoms with van der Waals surface area (Å²) >= 11 is 0. The molecule has 0 spiro atoms. The Labute approximate surface area is 448 Å². The molecule has 4 atom stereocenters. The molecule has 11 aromatic rings. The molecule has 1 aliphatic heterocycles. The van der Waals surface area contributed by atoms with E-state index in [1.54, 1.807) is 6.20 Å². The molecule has 9 nitrogen and oxygen atoms in total. The predicted molar refractivity (Wildman–Crippen MR) is 318 cm³/mol. The molecule has 0 amide bonds. The van der Waals surface area contributed by atoms with Gasteiger partial charge in [-0.15, -0.1) is 17.8 Å². The maximum Gasteiger partial charge on any atom is 0.226 e. The van der Waals surface area contributed by atoms with Crippen LogP contribution in [0.5, 0.6) is 0 Å². The number of rotatable bonds is 9. The first kappa shape index (κ1) is 52.1. The molecule has 4 heterocycles. The van der Waals surface area contributed by atoms with Crippen LogP contribution in [0.2, 0.25) is 0 Å². The Morgan fingerprint density at radius 3 is 1.29 bits per heavy atom. The zero-order chi connectivity index (χ0) is 52.9. The Morgan fingerprint density at radius 2 is 0.853 bits per heavy atom. The van der Waals surface area contributed by atoms with Gasteiger partial charge in [-0.1, -0.05) is 188 Å². The Morgan fingerprint density at radius 1 is 0.493 bits per heavy atom. The SMILES string of the molecule is Cc1nc(-c2ccc(-c3nc(C)c(-c4ccccc4)o3)cc2)oc1-c1ccccc1.O=PP.[3H]PP.c1ccc(-c2cnc(-c3ccccc3)o2)cc1.c1ccc(C2=NN(c3ccccc3)C(c3ccccc3)C2)cc1. The third kappa shape index (κ3) is 14.1. The van der Waals surface area contributed by atoms with Crippen LogP contribution in [0, 0.1) is 13.8 Å². The minimum Gasteiger partial charge on any atom is -0.436 e. The topological polar surface area (TPSA) is 111 Å². The average Bonchev–Trinajstić information content (AvgIpc) is 4.33. The summed E-state index contributed by atoms with van der Waals surface area (Å²) in [5.41, 5.74) is 12.4. The molecule has 13 heteroatoms. The third-order valence-electron chi connectivity index (χ3n) is 11.9. The van der Waals surface area contributed by atoms with Gasteiger partial charge in [0.2, 0.25) is 17.7 Å². The summed E-state index contributed by atoms with van der Waals surface area (Å²) < 4.78 is 32.9. The van der Waals surface area contributed by atoms with Gasteiger partial charge in [-0.25, -0.2) is 15.0 Å². The van der Waals surface area contributed by atoms with Crippen molar-refractivity contribution in [3.8, 4) is 68.3 Å². The van der Waals surface area contributed by atoms with Gasteiger partial charge in [0, 0.05) is 39.8 Å². The molecule has 3 aromatic heterocycles. The Hall–Kier alpha value is -7.75. The zero-order valence-electron chi connectivity index (χ0n) is 42.3. The van der Waals surface area contributed by atoms with Crippen molar-refractivity contribution in [2.45, 2.75) is 26.3 Å². The number of aryl methyl sites for hydroxylation is 2. The van der Waals surface area contributed by atoms with E-state index in [0.717, 1.165) is 79.9 Å². The van der Waals surface area contributed by atoms with Crippen LogP contribution >= 0.6 is 34.9 Å². The lowest BCUT2D eigenvalue weighted by Crippen LogP contribution is -2.18. The highest BCUT2D eigenvalue weighted by Gasteiger charge is 2.29. The highest BCUT2D eigenvalue weighted by Crippen LogP contribution is 2.37. The molecule has 8 aromatic carbocycles. The number of hydrogen-bond donors (Lipinski definition) is 0. The summed E-state index contributed by atoms with van der Waals surface area (Å²) in [5.74, 6) is 4.25. The minimum absolute atomic E-state index is 0.0833. The Bertz CT molecular complexity index is 3340. The van der Waals surface area contributed by atoms with Crippen LogP contribution in [0.25, 0.3) is 68.3 Å². The van der Waals surface area contributed by atoms with Gasteiger partial charge in [-0.3, -0.25) is 9.57 Å². The number of oxazole rings is 3. The van der Waals surface area contributed by atoms with E-state index in [1.165, 1.54) is 11.1 Å². The molecule has 1 aliphatic rings. The monoisotopic (exact) mass is 1060 g/mol. The van der Waals surface area contributed by atoms with Gasteiger partial charge in [0.1, 0.15) is 0 Å². The molecule has 372 valence electrons. The first-order valence-electron chi connectivity index (χ1n) is 24.5. The van der Waals surface area contributed by atoms with E-state index in [2.05, 4.69) is 108 Å². The second-order valence-electron chi connectivity index (χ2n) is 16.8. The Kier molecular flexibility index (Phi) is 19.1. The number of hydrazone groups is 1. The van der Waals surface area contributed by atoms with Gasteiger partial charge in [0.15, 0.2) is 25.4 Å². The van der Waals surface area contributed by atoms with Crippen LogP contribution in [-0.4, -0.2) is 21.9 Å². The van der Waals surface area contributed by atoms with E-state index in [-0.39, 0.29) is 23.1 Å². The summed E-state index contributed by atoms with van der Waals surface area (Å²) in [4.78, 5) is 13.5. The third-order valence-corrected chi connectivity index (χ3v) is 11.9. The fourth-order valence-electron chi connectivity index (χ4n) is 8.30. The molecule has 12 rings (SSSR count). The average molecular weight is 1060 g/mol. The molecule has 0 N–H and O–H groups in total. The molecule has 0 radical (unpaired) electrons. The van der Waals surface area contributed by atoms with Gasteiger partial charge in [-0.2, -0.15) is 5.10 Å². The number of aromatic nitrogens is 3. The van der Waals surface area contributed by atoms with Crippen LogP contribution in [-0.2, 0) is 4.57 Å². The molecule has 0 fully saturated rings. The highest BCUT2D eigenvalue weighted by molar-refractivity contribution is 7.96. The summed E-state index contributed by atoms with van der Waals surface area (Å²) in [5, 5.41) is 7.09. The van der Waals surface area contributed by atoms with Gasteiger partial charge < -0.3 is 13.3 Å². The van der Waals surface area contributed by atoms with Gasteiger partial charge >= 0.3 is 0 Å². The van der Waals surface area contributed by atoms with Gasteiger partial charge in [-0.05, 0) is 82.4 Å². The maximum atomic E-state index is 8.87. The van der Waals surface area contributed by atoms with Gasteiger partial charge in [0.25, 0.3) is 0 Å². The van der Waals surface area contributed by atoms with Crippen LogP contribution in [0.3, 0.4) is 0 Å². The van der Waals surface area contributed by atoms with E-state index in [4.69, 9.17) is 24.2 Å². The molecule has 4 unspecified atom stereocenters. The first-order valence-corrected chi connectivity index (χ1v) is 28.8. The summed E-state index contributed by atoms with van der Waals surface area (Å²) in [6.45, 7) is 3.93. The van der Waals surface area contributed by atoms with Crippen molar-refractivity contribution >= 4 is 46.3 Å². The van der Waals surface area contributed by atoms with E-state index in [0.29, 0.717) is 17.7 Å². The normalized spacial score (nSPS) is 12.7. The number of hydrogen-bond acceptors (Lipinski definition) is 9. The van der Waals surface area contributed by atoms with Crippen molar-refractivity contribution in [3.05, 3.63) is 265 Å². The molecule has 0 saturated heterocycles. The number of para-hydroxylation sites is 1. The lowest BCUT2D eigenvalue weighted by Gasteiger charge is -2.23. The van der Waals surface area contributed by atoms with Crippen molar-refractivity contribution in [1.29, 1.82) is 1.28 Å². The maximum absolute atomic E-state index is 8.87. The van der Waals surface area contributed by atoms with Crippen molar-refractivity contribution < 1.29 is 17.8 Å². The van der Waals surface area contributed by atoms with Crippen molar-refractivity contribution in [2.24, 2.45) is 5.10 Å². The first-order chi connectivity index (χ1) is 37.4. The summed E-state index contributed by atoms with van der Waals surface area (Å²) in [6, 6.07) is 79.6. The van der Waals surface area contributed by atoms with Crippen LogP contribution in [0.4, 0.5) is 5.69 Å². The summed E-state index contributed by atoms with van der Waals surface area (Å²) in [6.07, 6.45) is 2.68. The zero-order valence-corrected chi connectivity index (χ0v) is 45.6. The quantitative estimate of drug-likeness (QED) is 0.131. The second-order valence-corrected chi connectivity index (χ2v) is 17.6. The molecule has 0 saturated carbocycles. The molecule has 75 heavy (non-hydrogen) atoms. The smallest absolute Gasteiger partial charge is 0.226 e. The second kappa shape index (κ2) is 27.5. The molecular weight excluding hydrogens is 1000 g/mol. The van der Waals surface area contributed by atoms with Crippen molar-refractivity contribution in [3.63, 3.8) is 0 Å². The van der Waals surface area contributed by atoms with Crippen LogP contribution < -0.4 is 5.01 Å². The predicted octanol–water partition coefficient (Wildman–Crippen LogP) is 17.7. The van der Waals surface area contributed by atoms with E-state index in [9.17, 15) is 0 Å². The van der Waals surface area contributed by atoms with Crippen LogP contribution in [0.15, 0.2) is 261 Å². The Balaban J connectivity index is 0.000000148. The summed E-state index contributed by atoms with van der Waals surface area (Å²) in [7, 11) is 4.60. The van der Waals surface area contributed by atoms with E-state index < -0.39 is 0 Å². The van der Waals surface area contributed by atoms with Crippen LogP contribution in [0.1, 0.15) is 35.0 Å². The number of benzene rings is 8. The largest absolute Gasteiger partial charge is 0.436 e. The minimum atomic E-state index is 0.0833. The number of nitrogens with zero attached hydrogens (tertiary/aromatic N) is 5. The fraction of sp³-hybridized carbons (Fsp3) is 0.0645. The molecular formula is C62H55N5O4P4. The van der Waals surface area contributed by atoms with Crippen molar-refractivity contribution in [2.75, 3.05) is 5.01 Å². The van der Waals surface area contributed by atoms with Crippen molar-refractivity contribution in [1.82, 2.24) is 15.0 Å². The fourth-order valence-corrected chi connectivity index (χ4v) is 8.30. The standard InChI is InChI=1S/C26H20N2O2.C21H18N2.C15H11NO.H2OP2.H4P2/c1-17-23(19-9-5-3-6-10-19)29-25(27-17)21-13-15-22(16-14-21)26-28-18(2)24(30-26)20-11-7-4-8-12-20;1-4-10-17(11-5-1)20-16-21(18-12-6-2-7-13-18)23(22-20)19-14-8-3-9-15-19;1-3-7-12(8-4-1)14-11-16-15(17-14)13-9-5-2-6-10-13;1-3-2;1-2/h3-16H,1-2H3;1-15,21H,16H2;1-11H;2H2;1-2H2/i;;;;1T. The van der Waals surface area contributed by atoms with Gasteiger partial charge in [0.05, 0.1) is 36.3 Å². The lowest BCUT2D eigenvalue weighted by atomic mass is 9.98. The van der Waals surface area contributed by atoms with E-state index in [1.807, 2.05) is 181 Å². The highest BCUT2D eigenvalue weighted by atomic mass is 32.0. The number of anilines is 1. The van der Waals surface area contributed by atoms with E-state index >= 15 is 0 Å². The molecule has 0 aliphatic carbocycles. The molecule has 0 bridgehead atoms.